The van der Waals surface area contributed by atoms with E-state index in [1.807, 2.05) is 12.1 Å². The number of hydrogen-bond acceptors (Lipinski definition) is 3. The van der Waals surface area contributed by atoms with E-state index in [0.717, 1.165) is 11.1 Å². The van der Waals surface area contributed by atoms with Crippen LogP contribution in [0.5, 0.6) is 5.75 Å². The minimum absolute atomic E-state index is 0.211. The van der Waals surface area contributed by atoms with Gasteiger partial charge in [0, 0.05) is 5.56 Å². The molecule has 0 saturated heterocycles. The Kier molecular flexibility index (Phi) is 1.52. The third kappa shape index (κ3) is 0.950. The maximum absolute atomic E-state index is 9.44. The molecule has 0 radical (unpaired) electrons. The Morgan fingerprint density at radius 3 is 3.00 bits per heavy atom. The SMILES string of the molecule is NC1NC=Cc2c(O)cccc21. The van der Waals surface area contributed by atoms with Crippen LogP contribution in [-0.4, -0.2) is 5.11 Å². The van der Waals surface area contributed by atoms with Crippen molar-refractivity contribution in [1.82, 2.24) is 5.32 Å². The summed E-state index contributed by atoms with van der Waals surface area (Å²) < 4.78 is 0. The van der Waals surface area contributed by atoms with Crippen molar-refractivity contribution in [3.8, 4) is 5.75 Å². The lowest BCUT2D eigenvalue weighted by Crippen LogP contribution is -2.27. The van der Waals surface area contributed by atoms with Crippen molar-refractivity contribution in [3.05, 3.63) is 35.5 Å². The zero-order valence-corrected chi connectivity index (χ0v) is 6.49. The molecule has 0 bridgehead atoms. The first-order chi connectivity index (χ1) is 5.79. The molecule has 1 aliphatic heterocycles. The van der Waals surface area contributed by atoms with E-state index in [1.165, 1.54) is 0 Å². The quantitative estimate of drug-likeness (QED) is 0.531. The van der Waals surface area contributed by atoms with E-state index in [9.17, 15) is 5.11 Å². The maximum atomic E-state index is 9.44. The fourth-order valence-electron chi connectivity index (χ4n) is 1.35. The fourth-order valence-corrected chi connectivity index (χ4v) is 1.35. The minimum atomic E-state index is -0.211. The lowest BCUT2D eigenvalue weighted by atomic mass is 10.0. The van der Waals surface area contributed by atoms with E-state index in [0.29, 0.717) is 0 Å². The summed E-state index contributed by atoms with van der Waals surface area (Å²) in [4.78, 5) is 0. The molecule has 62 valence electrons. The molecule has 1 unspecified atom stereocenters. The van der Waals surface area contributed by atoms with Crippen molar-refractivity contribution < 1.29 is 5.11 Å². The second-order valence-electron chi connectivity index (χ2n) is 2.76. The van der Waals surface area contributed by atoms with Gasteiger partial charge < -0.3 is 16.2 Å². The highest BCUT2D eigenvalue weighted by Gasteiger charge is 2.13. The molecule has 2 rings (SSSR count). The lowest BCUT2D eigenvalue weighted by molar-refractivity contribution is 0.470. The van der Waals surface area contributed by atoms with Crippen molar-refractivity contribution in [2.45, 2.75) is 6.17 Å². The number of nitrogens with one attached hydrogen (secondary N) is 1. The van der Waals surface area contributed by atoms with Crippen LogP contribution < -0.4 is 11.1 Å². The Hall–Kier alpha value is -1.48. The molecule has 1 heterocycles. The minimum Gasteiger partial charge on any atom is -0.507 e. The van der Waals surface area contributed by atoms with E-state index < -0.39 is 0 Å². The monoisotopic (exact) mass is 162 g/mol. The Labute approximate surface area is 70.5 Å². The van der Waals surface area contributed by atoms with Crippen molar-refractivity contribution in [3.63, 3.8) is 0 Å². The molecule has 0 aliphatic carbocycles. The Bertz CT molecular complexity index is 333. The highest BCUT2D eigenvalue weighted by molar-refractivity contribution is 5.63. The third-order valence-corrected chi connectivity index (χ3v) is 1.98. The lowest BCUT2D eigenvalue weighted by Gasteiger charge is -2.19. The smallest absolute Gasteiger partial charge is 0.123 e. The zero-order chi connectivity index (χ0) is 8.55. The molecule has 0 aromatic heterocycles. The van der Waals surface area contributed by atoms with Crippen LogP contribution in [0.15, 0.2) is 24.4 Å². The van der Waals surface area contributed by atoms with Gasteiger partial charge in [-0.2, -0.15) is 0 Å². The van der Waals surface area contributed by atoms with Crippen LogP contribution in [0.25, 0.3) is 6.08 Å². The molecule has 1 aromatic rings. The third-order valence-electron chi connectivity index (χ3n) is 1.98. The number of rotatable bonds is 0. The van der Waals surface area contributed by atoms with Crippen LogP contribution in [0, 0.1) is 0 Å². The number of nitrogens with two attached hydrogens (primary N) is 1. The zero-order valence-electron chi connectivity index (χ0n) is 6.49. The number of aromatic hydroxyl groups is 1. The van der Waals surface area contributed by atoms with Gasteiger partial charge in [0.2, 0.25) is 0 Å². The highest BCUT2D eigenvalue weighted by atomic mass is 16.3. The molecular formula is C9H10N2O. The predicted molar refractivity (Wildman–Crippen MR) is 47.2 cm³/mol. The van der Waals surface area contributed by atoms with E-state index >= 15 is 0 Å². The summed E-state index contributed by atoms with van der Waals surface area (Å²) in [7, 11) is 0. The van der Waals surface area contributed by atoms with Gasteiger partial charge >= 0.3 is 0 Å². The van der Waals surface area contributed by atoms with Crippen molar-refractivity contribution in [1.29, 1.82) is 0 Å². The average Bonchev–Trinajstić information content (AvgIpc) is 2.07. The van der Waals surface area contributed by atoms with Gasteiger partial charge in [0.1, 0.15) is 11.9 Å². The molecule has 0 fully saturated rings. The Balaban J connectivity index is 2.61. The summed E-state index contributed by atoms with van der Waals surface area (Å²) in [5.74, 6) is 0.278. The standard InChI is InChI=1S/C9H10N2O/c10-9-7-2-1-3-8(12)6(7)4-5-11-9/h1-5,9,11-12H,10H2. The molecule has 3 heteroatoms. The van der Waals surface area contributed by atoms with Gasteiger partial charge in [0.25, 0.3) is 0 Å². The second kappa shape index (κ2) is 2.53. The average molecular weight is 162 g/mol. The van der Waals surface area contributed by atoms with Crippen LogP contribution in [0.3, 0.4) is 0 Å². The number of fused-ring (bicyclic) bond motifs is 1. The first-order valence-electron chi connectivity index (χ1n) is 3.79. The van der Waals surface area contributed by atoms with Gasteiger partial charge in [-0.3, -0.25) is 0 Å². The van der Waals surface area contributed by atoms with Gasteiger partial charge in [-0.15, -0.1) is 0 Å². The van der Waals surface area contributed by atoms with E-state index in [4.69, 9.17) is 5.73 Å². The molecule has 0 spiro atoms. The first kappa shape index (κ1) is 7.18. The Morgan fingerprint density at radius 2 is 2.25 bits per heavy atom. The number of phenolic OH excluding ortho intramolecular Hbond substituents is 1. The van der Waals surface area contributed by atoms with Crippen LogP contribution in [0.2, 0.25) is 0 Å². The van der Waals surface area contributed by atoms with Crippen LogP contribution in [-0.2, 0) is 0 Å². The van der Waals surface area contributed by atoms with Crippen LogP contribution >= 0.6 is 0 Å². The van der Waals surface area contributed by atoms with Gasteiger partial charge in [0.15, 0.2) is 0 Å². The van der Waals surface area contributed by atoms with Crippen LogP contribution in [0.1, 0.15) is 17.3 Å². The number of benzene rings is 1. The highest BCUT2D eigenvalue weighted by Crippen LogP contribution is 2.27. The molecule has 3 nitrogen and oxygen atoms in total. The van der Waals surface area contributed by atoms with E-state index in [2.05, 4.69) is 5.32 Å². The van der Waals surface area contributed by atoms with Crippen molar-refractivity contribution >= 4 is 6.08 Å². The predicted octanol–water partition coefficient (Wildman–Crippen LogP) is 0.923. The van der Waals surface area contributed by atoms with E-state index in [1.54, 1.807) is 18.3 Å². The first-order valence-corrected chi connectivity index (χ1v) is 3.79. The Morgan fingerprint density at radius 1 is 1.42 bits per heavy atom. The molecule has 1 aromatic carbocycles. The van der Waals surface area contributed by atoms with Gasteiger partial charge in [-0.05, 0) is 23.9 Å². The van der Waals surface area contributed by atoms with Gasteiger partial charge in [-0.1, -0.05) is 12.1 Å². The summed E-state index contributed by atoms with van der Waals surface area (Å²) in [5.41, 5.74) is 7.48. The molecule has 1 aliphatic rings. The van der Waals surface area contributed by atoms with Gasteiger partial charge in [-0.25, -0.2) is 0 Å². The van der Waals surface area contributed by atoms with E-state index in [-0.39, 0.29) is 11.9 Å². The molecule has 4 N–H and O–H groups in total. The summed E-state index contributed by atoms with van der Waals surface area (Å²) in [6, 6.07) is 5.34. The molecule has 0 saturated carbocycles. The second-order valence-corrected chi connectivity index (χ2v) is 2.76. The number of phenols is 1. The largest absolute Gasteiger partial charge is 0.507 e. The summed E-state index contributed by atoms with van der Waals surface area (Å²) in [6.45, 7) is 0. The summed E-state index contributed by atoms with van der Waals surface area (Å²) in [5, 5.41) is 12.4. The van der Waals surface area contributed by atoms with Crippen molar-refractivity contribution in [2.24, 2.45) is 5.73 Å². The van der Waals surface area contributed by atoms with Crippen LogP contribution in [0.4, 0.5) is 0 Å². The number of hydrogen-bond donors (Lipinski definition) is 3. The summed E-state index contributed by atoms with van der Waals surface area (Å²) in [6.07, 6.45) is 3.35. The fraction of sp³-hybridized carbons (Fsp3) is 0.111. The molecule has 1 atom stereocenters. The topological polar surface area (TPSA) is 58.3 Å². The molecular weight excluding hydrogens is 152 g/mol. The normalized spacial score (nSPS) is 19.9. The van der Waals surface area contributed by atoms with Crippen molar-refractivity contribution in [2.75, 3.05) is 0 Å². The molecule has 0 amide bonds. The summed E-state index contributed by atoms with van der Waals surface area (Å²) >= 11 is 0. The maximum Gasteiger partial charge on any atom is 0.123 e. The van der Waals surface area contributed by atoms with Gasteiger partial charge in [0.05, 0.1) is 0 Å². The molecule has 12 heavy (non-hydrogen) atoms.